The fraction of sp³-hybridized carbons (Fsp3) is 0.667. The molecule has 2 aromatic rings. The molecule has 8 nitrogen and oxygen atoms in total. The van der Waals surface area contributed by atoms with Crippen LogP contribution in [0.1, 0.15) is 200 Å². The monoisotopic (exact) mass is 781 g/mol. The molecule has 0 aromatic heterocycles. The van der Waals surface area contributed by atoms with E-state index in [9.17, 15) is 19.2 Å². The lowest BCUT2D eigenvalue weighted by Gasteiger charge is -2.17. The van der Waals surface area contributed by atoms with E-state index in [1.165, 1.54) is 0 Å². The van der Waals surface area contributed by atoms with Crippen LogP contribution in [0.3, 0.4) is 0 Å². The highest BCUT2D eigenvalue weighted by Crippen LogP contribution is 2.20. The van der Waals surface area contributed by atoms with Gasteiger partial charge in [0.25, 0.3) is 0 Å². The van der Waals surface area contributed by atoms with Crippen molar-refractivity contribution in [2.24, 2.45) is 23.7 Å². The van der Waals surface area contributed by atoms with Crippen LogP contribution >= 0.6 is 0 Å². The fourth-order valence-corrected chi connectivity index (χ4v) is 6.30. The Labute approximate surface area is 340 Å². The first kappa shape index (κ1) is 50.3. The molecule has 0 aliphatic rings. The second-order valence-corrected chi connectivity index (χ2v) is 15.2. The molecule has 56 heavy (non-hydrogen) atoms. The molecule has 2 rings (SSSR count). The van der Waals surface area contributed by atoms with Gasteiger partial charge in [0.15, 0.2) is 0 Å². The van der Waals surface area contributed by atoms with Crippen LogP contribution in [0.5, 0.6) is 0 Å². The largest absolute Gasteiger partial charge is 0.462 e. The minimum Gasteiger partial charge on any atom is -0.462 e. The summed E-state index contributed by atoms with van der Waals surface area (Å²) in [6.07, 6.45) is 17.3. The highest BCUT2D eigenvalue weighted by atomic mass is 16.5. The summed E-state index contributed by atoms with van der Waals surface area (Å²) in [6.45, 7) is 18.8. The van der Waals surface area contributed by atoms with Crippen LogP contribution in [0.2, 0.25) is 0 Å². The van der Waals surface area contributed by atoms with Crippen LogP contribution in [0, 0.1) is 23.7 Å². The van der Waals surface area contributed by atoms with Gasteiger partial charge in [-0.05, 0) is 79.7 Å². The Hall–Kier alpha value is -3.68. The number of benzene rings is 2. The third-order valence-electron chi connectivity index (χ3n) is 10.7. The number of carbonyl (C=O) groups is 4. The van der Waals surface area contributed by atoms with Crippen molar-refractivity contribution in [3.8, 4) is 0 Å². The minimum absolute atomic E-state index is 0.291. The Kier molecular flexibility index (Phi) is 28.2. The Balaban J connectivity index is 0.000000560. The Morgan fingerprint density at radius 3 is 0.964 bits per heavy atom. The molecule has 8 heteroatoms. The van der Waals surface area contributed by atoms with E-state index in [4.69, 9.17) is 18.9 Å². The van der Waals surface area contributed by atoms with Crippen molar-refractivity contribution < 1.29 is 38.1 Å². The summed E-state index contributed by atoms with van der Waals surface area (Å²) in [5.74, 6) is -0.116. The average Bonchev–Trinajstić information content (AvgIpc) is 3.23. The summed E-state index contributed by atoms with van der Waals surface area (Å²) in [5, 5.41) is 0. The molecule has 4 atom stereocenters. The van der Waals surface area contributed by atoms with Gasteiger partial charge in [0.1, 0.15) is 0 Å². The number of esters is 4. The van der Waals surface area contributed by atoms with E-state index in [1.807, 2.05) is 0 Å². The predicted molar refractivity (Wildman–Crippen MR) is 227 cm³/mol. The van der Waals surface area contributed by atoms with E-state index < -0.39 is 11.9 Å². The summed E-state index contributed by atoms with van der Waals surface area (Å²) in [5.41, 5.74) is 1.38. The number of hydrogen-bond acceptors (Lipinski definition) is 8. The van der Waals surface area contributed by atoms with Gasteiger partial charge in [-0.15, -0.1) is 0 Å². The zero-order chi connectivity index (χ0) is 41.6. The SMILES string of the molecule is CCCCC(CC)COC(=O)c1cccc(C(=O)OCC(CC)CCCC)c1.CCCCC(CC)COC(=O)c1ccccc1C(=O)OCC(CC)CCCC. The van der Waals surface area contributed by atoms with E-state index >= 15 is 0 Å². The van der Waals surface area contributed by atoms with Gasteiger partial charge in [0.2, 0.25) is 0 Å². The van der Waals surface area contributed by atoms with E-state index in [0.717, 1.165) is 103 Å². The Morgan fingerprint density at radius 2 is 0.696 bits per heavy atom. The summed E-state index contributed by atoms with van der Waals surface area (Å²) in [6, 6.07) is 13.4. The molecule has 0 aliphatic carbocycles. The van der Waals surface area contributed by atoms with Crippen molar-refractivity contribution >= 4 is 23.9 Å². The second-order valence-electron chi connectivity index (χ2n) is 15.2. The van der Waals surface area contributed by atoms with E-state index in [-0.39, 0.29) is 11.9 Å². The molecule has 2 aromatic carbocycles. The maximum Gasteiger partial charge on any atom is 0.339 e. The van der Waals surface area contributed by atoms with Crippen molar-refractivity contribution in [3.63, 3.8) is 0 Å². The van der Waals surface area contributed by atoms with Crippen molar-refractivity contribution in [2.45, 2.75) is 158 Å². The summed E-state index contributed by atoms with van der Waals surface area (Å²) in [4.78, 5) is 49.9. The maximum absolute atomic E-state index is 12.6. The van der Waals surface area contributed by atoms with Crippen molar-refractivity contribution in [1.82, 2.24) is 0 Å². The first-order chi connectivity index (χ1) is 27.1. The molecule has 4 unspecified atom stereocenters. The van der Waals surface area contributed by atoms with E-state index in [1.54, 1.807) is 48.5 Å². The van der Waals surface area contributed by atoms with Gasteiger partial charge in [-0.25, -0.2) is 19.2 Å². The van der Waals surface area contributed by atoms with Crippen molar-refractivity contribution in [1.29, 1.82) is 0 Å². The fourth-order valence-electron chi connectivity index (χ4n) is 6.30. The number of unbranched alkanes of at least 4 members (excludes halogenated alkanes) is 4. The maximum atomic E-state index is 12.6. The second kappa shape index (κ2) is 31.4. The van der Waals surface area contributed by atoms with Gasteiger partial charge in [-0.2, -0.15) is 0 Å². The van der Waals surface area contributed by atoms with Crippen LogP contribution in [-0.2, 0) is 18.9 Å². The Morgan fingerprint density at radius 1 is 0.411 bits per heavy atom. The van der Waals surface area contributed by atoms with Crippen molar-refractivity contribution in [2.75, 3.05) is 26.4 Å². The molecule has 0 bridgehead atoms. The van der Waals surface area contributed by atoms with Crippen LogP contribution in [0.25, 0.3) is 0 Å². The topological polar surface area (TPSA) is 105 Å². The lowest BCUT2D eigenvalue weighted by molar-refractivity contribution is 0.0381. The molecule has 0 spiro atoms. The van der Waals surface area contributed by atoms with Gasteiger partial charge >= 0.3 is 23.9 Å². The minimum atomic E-state index is -0.444. The molecule has 0 fully saturated rings. The summed E-state index contributed by atoms with van der Waals surface area (Å²) in [7, 11) is 0. The van der Waals surface area contributed by atoms with Gasteiger partial charge in [-0.1, -0.05) is 151 Å². The molecule has 0 amide bonds. The number of hydrogen-bond donors (Lipinski definition) is 0. The quantitative estimate of drug-likeness (QED) is 0.0621. The smallest absolute Gasteiger partial charge is 0.339 e. The molecular weight excluding hydrogens is 705 g/mol. The molecule has 0 heterocycles. The zero-order valence-electron chi connectivity index (χ0n) is 36.3. The normalized spacial score (nSPS) is 13.0. The van der Waals surface area contributed by atoms with Gasteiger partial charge in [0, 0.05) is 0 Å². The summed E-state index contributed by atoms with van der Waals surface area (Å²) < 4.78 is 22.0. The molecule has 0 N–H and O–H groups in total. The van der Waals surface area contributed by atoms with Crippen molar-refractivity contribution in [3.05, 3.63) is 70.8 Å². The Bertz CT molecular complexity index is 1270. The van der Waals surface area contributed by atoms with E-state index in [0.29, 0.717) is 72.4 Å². The molecule has 0 aliphatic heterocycles. The number of carbonyl (C=O) groups excluding carboxylic acids is 4. The van der Waals surface area contributed by atoms with E-state index in [2.05, 4.69) is 55.4 Å². The highest BCUT2D eigenvalue weighted by Gasteiger charge is 2.21. The average molecular weight is 781 g/mol. The number of ether oxygens (including phenoxy) is 4. The lowest BCUT2D eigenvalue weighted by Crippen LogP contribution is -2.19. The first-order valence-corrected chi connectivity index (χ1v) is 22.0. The lowest BCUT2D eigenvalue weighted by atomic mass is 10.0. The standard InChI is InChI=1S/2C24H38O4/c1-5-9-13-19(7-3)17-27-23(25)21-15-11-12-16-22(21)24(26)28-18-20(8-4)14-10-6-2;1-5-9-12-19(7-3)17-27-23(25)21-14-11-15-22(16-21)24(26)28-18-20(8-4)13-10-6-2/h11-12,15-16,19-20H,5-10,13-14,17-18H2,1-4H3;11,14-16,19-20H,5-10,12-13,17-18H2,1-4H3. The first-order valence-electron chi connectivity index (χ1n) is 22.0. The van der Waals surface area contributed by atoms with Crippen LogP contribution in [0.15, 0.2) is 48.5 Å². The van der Waals surface area contributed by atoms with Gasteiger partial charge in [0.05, 0.1) is 48.7 Å². The molecule has 0 saturated heterocycles. The van der Waals surface area contributed by atoms with Gasteiger partial charge < -0.3 is 18.9 Å². The summed E-state index contributed by atoms with van der Waals surface area (Å²) >= 11 is 0. The highest BCUT2D eigenvalue weighted by molar-refractivity contribution is 6.03. The molecule has 0 radical (unpaired) electrons. The molecule has 0 saturated carbocycles. The van der Waals surface area contributed by atoms with Crippen LogP contribution in [0.4, 0.5) is 0 Å². The predicted octanol–water partition coefficient (Wildman–Crippen LogP) is 12.9. The van der Waals surface area contributed by atoms with Gasteiger partial charge in [-0.3, -0.25) is 0 Å². The molecular formula is C48H76O8. The number of rotatable bonds is 28. The zero-order valence-corrected chi connectivity index (χ0v) is 36.3. The van der Waals surface area contributed by atoms with Crippen LogP contribution in [-0.4, -0.2) is 50.3 Å². The third-order valence-corrected chi connectivity index (χ3v) is 10.7. The molecule has 316 valence electrons. The van der Waals surface area contributed by atoms with Crippen LogP contribution < -0.4 is 0 Å². The third kappa shape index (κ3) is 20.5.